The molecular formula is C15H15FN2O2. The molecule has 0 unspecified atom stereocenters. The van der Waals surface area contributed by atoms with Crippen LogP contribution in [0.2, 0.25) is 0 Å². The molecule has 0 aliphatic rings. The molecule has 0 spiro atoms. The van der Waals surface area contributed by atoms with Crippen LogP contribution >= 0.6 is 0 Å². The van der Waals surface area contributed by atoms with Gasteiger partial charge in [0.15, 0.2) is 11.6 Å². The van der Waals surface area contributed by atoms with E-state index < -0.39 is 5.82 Å². The number of hydrogen-bond acceptors (Lipinski definition) is 3. The molecule has 4 nitrogen and oxygen atoms in total. The molecule has 0 aliphatic carbocycles. The van der Waals surface area contributed by atoms with E-state index in [-0.39, 0.29) is 19.0 Å². The Morgan fingerprint density at radius 2 is 2.30 bits per heavy atom. The number of aromatic nitrogens is 2. The van der Waals surface area contributed by atoms with Gasteiger partial charge in [0.2, 0.25) is 0 Å². The quantitative estimate of drug-likeness (QED) is 0.867. The van der Waals surface area contributed by atoms with Crippen LogP contribution in [-0.2, 0) is 13.2 Å². The Bertz CT molecular complexity index is 641. The van der Waals surface area contributed by atoms with Crippen LogP contribution < -0.4 is 4.74 Å². The lowest BCUT2D eigenvalue weighted by Crippen LogP contribution is -1.97. The van der Waals surface area contributed by atoms with Gasteiger partial charge in [-0.1, -0.05) is 11.8 Å². The number of ether oxygens (including phenoxy) is 1. The molecule has 0 bridgehead atoms. The third-order valence-electron chi connectivity index (χ3n) is 2.65. The second-order valence-corrected chi connectivity index (χ2v) is 4.10. The first-order valence-corrected chi connectivity index (χ1v) is 6.26. The molecule has 0 radical (unpaired) electrons. The van der Waals surface area contributed by atoms with Crippen molar-refractivity contribution in [3.63, 3.8) is 0 Å². The fourth-order valence-corrected chi connectivity index (χ4v) is 1.65. The van der Waals surface area contributed by atoms with Gasteiger partial charge >= 0.3 is 0 Å². The molecule has 0 aliphatic heterocycles. The topological polar surface area (TPSA) is 47.3 Å². The van der Waals surface area contributed by atoms with Gasteiger partial charge in [0.1, 0.15) is 13.2 Å². The van der Waals surface area contributed by atoms with E-state index in [4.69, 9.17) is 9.84 Å². The van der Waals surface area contributed by atoms with Crippen molar-refractivity contribution in [2.24, 2.45) is 0 Å². The highest BCUT2D eigenvalue weighted by molar-refractivity contribution is 5.40. The number of rotatable bonds is 4. The summed E-state index contributed by atoms with van der Waals surface area (Å²) in [4.78, 5) is 0. The SMILES string of the molecule is CCn1cc(COc2cc(C#CCO)ccc2F)cn1. The van der Waals surface area contributed by atoms with E-state index in [1.807, 2.05) is 13.1 Å². The summed E-state index contributed by atoms with van der Waals surface area (Å²) in [7, 11) is 0. The van der Waals surface area contributed by atoms with E-state index in [9.17, 15) is 4.39 Å². The Kier molecular flexibility index (Phi) is 4.75. The van der Waals surface area contributed by atoms with E-state index in [2.05, 4.69) is 16.9 Å². The molecule has 5 heteroatoms. The highest BCUT2D eigenvalue weighted by atomic mass is 19.1. The van der Waals surface area contributed by atoms with E-state index >= 15 is 0 Å². The first-order chi connectivity index (χ1) is 9.72. The van der Waals surface area contributed by atoms with Crippen molar-refractivity contribution in [2.75, 3.05) is 6.61 Å². The zero-order chi connectivity index (χ0) is 14.4. The highest BCUT2D eigenvalue weighted by Crippen LogP contribution is 2.19. The Morgan fingerprint density at radius 3 is 3.00 bits per heavy atom. The standard InChI is InChI=1S/C15H15FN2O2/c1-2-18-10-13(9-17-18)11-20-15-8-12(4-3-7-19)5-6-14(15)16/h5-6,8-10,19H,2,7,11H2,1H3. The predicted molar refractivity (Wildman–Crippen MR) is 72.6 cm³/mol. The summed E-state index contributed by atoms with van der Waals surface area (Å²) in [6.45, 7) is 2.78. The minimum atomic E-state index is -0.442. The monoisotopic (exact) mass is 274 g/mol. The molecule has 104 valence electrons. The highest BCUT2D eigenvalue weighted by Gasteiger charge is 2.05. The van der Waals surface area contributed by atoms with Gasteiger partial charge in [0.05, 0.1) is 6.20 Å². The maximum atomic E-state index is 13.6. The second kappa shape index (κ2) is 6.73. The molecule has 0 saturated heterocycles. The van der Waals surface area contributed by atoms with Crippen LogP contribution in [0.5, 0.6) is 5.75 Å². The lowest BCUT2D eigenvalue weighted by molar-refractivity contribution is 0.290. The van der Waals surface area contributed by atoms with Crippen LogP contribution in [-0.4, -0.2) is 21.5 Å². The van der Waals surface area contributed by atoms with Crippen LogP contribution in [0.25, 0.3) is 0 Å². The Hall–Kier alpha value is -2.32. The average Bonchev–Trinajstić information content (AvgIpc) is 2.93. The van der Waals surface area contributed by atoms with Crippen molar-refractivity contribution in [2.45, 2.75) is 20.1 Å². The molecule has 1 aromatic heterocycles. The van der Waals surface area contributed by atoms with Gasteiger partial charge < -0.3 is 9.84 Å². The molecule has 2 rings (SSSR count). The molecule has 0 amide bonds. The van der Waals surface area contributed by atoms with Gasteiger partial charge in [-0.2, -0.15) is 5.10 Å². The van der Waals surface area contributed by atoms with Crippen LogP contribution in [0.3, 0.4) is 0 Å². The van der Waals surface area contributed by atoms with Gasteiger partial charge in [0.25, 0.3) is 0 Å². The Morgan fingerprint density at radius 1 is 1.45 bits per heavy atom. The smallest absolute Gasteiger partial charge is 0.165 e. The third kappa shape index (κ3) is 3.59. The molecule has 20 heavy (non-hydrogen) atoms. The lowest BCUT2D eigenvalue weighted by atomic mass is 10.2. The summed E-state index contributed by atoms with van der Waals surface area (Å²) in [5.74, 6) is 4.92. The number of hydrogen-bond donors (Lipinski definition) is 1. The minimum Gasteiger partial charge on any atom is -0.486 e. The maximum Gasteiger partial charge on any atom is 0.165 e. The van der Waals surface area contributed by atoms with E-state index in [1.54, 1.807) is 16.9 Å². The number of aliphatic hydroxyl groups excluding tert-OH is 1. The molecule has 1 heterocycles. The molecule has 1 aromatic carbocycles. The second-order valence-electron chi connectivity index (χ2n) is 4.10. The van der Waals surface area contributed by atoms with Gasteiger partial charge in [-0.3, -0.25) is 4.68 Å². The summed E-state index contributed by atoms with van der Waals surface area (Å²) >= 11 is 0. The zero-order valence-corrected chi connectivity index (χ0v) is 11.1. The number of nitrogens with zero attached hydrogens (tertiary/aromatic N) is 2. The van der Waals surface area contributed by atoms with Crippen molar-refractivity contribution in [1.82, 2.24) is 9.78 Å². The van der Waals surface area contributed by atoms with Gasteiger partial charge in [-0.05, 0) is 25.1 Å². The minimum absolute atomic E-state index is 0.138. The van der Waals surface area contributed by atoms with Crippen molar-refractivity contribution in [3.8, 4) is 17.6 Å². The fourth-order valence-electron chi connectivity index (χ4n) is 1.65. The predicted octanol–water partition coefficient (Wildman–Crippen LogP) is 1.96. The van der Waals surface area contributed by atoms with Crippen molar-refractivity contribution >= 4 is 0 Å². The maximum absolute atomic E-state index is 13.6. The number of halogens is 1. The first-order valence-electron chi connectivity index (χ1n) is 6.26. The summed E-state index contributed by atoms with van der Waals surface area (Å²) in [6, 6.07) is 4.36. The summed E-state index contributed by atoms with van der Waals surface area (Å²) in [5.41, 5.74) is 1.47. The fraction of sp³-hybridized carbons (Fsp3) is 0.267. The van der Waals surface area contributed by atoms with Crippen LogP contribution in [0.1, 0.15) is 18.1 Å². The Balaban J connectivity index is 2.08. The largest absolute Gasteiger partial charge is 0.486 e. The van der Waals surface area contributed by atoms with Crippen molar-refractivity contribution in [1.29, 1.82) is 0 Å². The lowest BCUT2D eigenvalue weighted by Gasteiger charge is -2.06. The Labute approximate surface area is 116 Å². The van der Waals surface area contributed by atoms with E-state index in [0.717, 1.165) is 12.1 Å². The molecule has 0 saturated carbocycles. The van der Waals surface area contributed by atoms with Crippen molar-refractivity contribution < 1.29 is 14.2 Å². The molecule has 2 aromatic rings. The third-order valence-corrected chi connectivity index (χ3v) is 2.65. The molecule has 0 atom stereocenters. The van der Waals surface area contributed by atoms with Gasteiger partial charge in [-0.25, -0.2) is 4.39 Å². The average molecular weight is 274 g/mol. The molecule has 0 fully saturated rings. The summed E-state index contributed by atoms with van der Waals surface area (Å²) in [6.07, 6.45) is 3.55. The van der Waals surface area contributed by atoms with Crippen LogP contribution in [0.15, 0.2) is 30.6 Å². The van der Waals surface area contributed by atoms with E-state index in [0.29, 0.717) is 5.56 Å². The van der Waals surface area contributed by atoms with Crippen LogP contribution in [0.4, 0.5) is 4.39 Å². The van der Waals surface area contributed by atoms with Gasteiger partial charge in [0, 0.05) is 23.9 Å². The first kappa shape index (κ1) is 14.1. The van der Waals surface area contributed by atoms with Crippen molar-refractivity contribution in [3.05, 3.63) is 47.5 Å². The van der Waals surface area contributed by atoms with Gasteiger partial charge in [-0.15, -0.1) is 0 Å². The number of benzene rings is 1. The number of aliphatic hydroxyl groups is 1. The zero-order valence-electron chi connectivity index (χ0n) is 11.1. The normalized spacial score (nSPS) is 9.95. The van der Waals surface area contributed by atoms with E-state index in [1.165, 1.54) is 12.1 Å². The number of aryl methyl sites for hydroxylation is 1. The van der Waals surface area contributed by atoms with Crippen LogP contribution in [0, 0.1) is 17.7 Å². The summed E-state index contributed by atoms with van der Waals surface area (Å²) in [5, 5.41) is 12.8. The summed E-state index contributed by atoms with van der Waals surface area (Å²) < 4.78 is 20.8. The molecule has 1 N–H and O–H groups in total. The molecular weight excluding hydrogens is 259 g/mol.